The number of rotatable bonds is 5. The summed E-state index contributed by atoms with van der Waals surface area (Å²) in [6.45, 7) is 5.17. The number of Topliss-reactive ketones (excluding diaryl/α,β-unsaturated/α-hetero) is 1. The number of amides is 1. The Morgan fingerprint density at radius 2 is 1.67 bits per heavy atom. The molecule has 3 aromatic rings. The molecule has 1 unspecified atom stereocenters. The van der Waals surface area contributed by atoms with Gasteiger partial charge in [0.2, 0.25) is 0 Å². The number of furan rings is 1. The largest absolute Gasteiger partial charge is 0.573 e. The number of hydrogen-bond acceptors (Lipinski definition) is 6. The highest BCUT2D eigenvalue weighted by Crippen LogP contribution is 2.43. The van der Waals surface area contributed by atoms with Crippen LogP contribution in [-0.4, -0.2) is 30.3 Å². The molecular formula is C26H22F3NO6. The van der Waals surface area contributed by atoms with E-state index in [0.717, 1.165) is 17.0 Å². The third-order valence-electron chi connectivity index (χ3n) is 5.82. The molecule has 1 saturated heterocycles. The maximum atomic E-state index is 13.2. The fourth-order valence-corrected chi connectivity index (χ4v) is 4.19. The topological polar surface area (TPSA) is 89.2 Å². The number of ether oxygens (including phenoxy) is 2. The molecule has 1 fully saturated rings. The third kappa shape index (κ3) is 4.53. The van der Waals surface area contributed by atoms with Gasteiger partial charge in [-0.2, -0.15) is 0 Å². The number of methoxy groups -OCH3 is 1. The molecule has 188 valence electrons. The Kier molecular flexibility index (Phi) is 6.30. The van der Waals surface area contributed by atoms with Crippen LogP contribution in [0.25, 0.3) is 5.76 Å². The summed E-state index contributed by atoms with van der Waals surface area (Å²) in [7, 11) is 1.51. The molecule has 1 N–H and O–H groups in total. The Hall–Kier alpha value is -4.21. The van der Waals surface area contributed by atoms with Crippen LogP contribution in [0.3, 0.4) is 0 Å². The minimum Gasteiger partial charge on any atom is -0.507 e. The van der Waals surface area contributed by atoms with Crippen LogP contribution in [0, 0.1) is 20.8 Å². The zero-order valence-electron chi connectivity index (χ0n) is 19.8. The summed E-state index contributed by atoms with van der Waals surface area (Å²) in [6.07, 6.45) is -4.88. The number of ketones is 1. The SMILES string of the molecule is COc1cc(C)c(/C(O)=C2\C(=O)C(=O)N(c3ccc(OC(F)(F)F)cc3)C2c2ccc(C)o2)cc1C. The van der Waals surface area contributed by atoms with E-state index in [2.05, 4.69) is 4.74 Å². The van der Waals surface area contributed by atoms with Crippen molar-refractivity contribution in [1.82, 2.24) is 0 Å². The lowest BCUT2D eigenvalue weighted by Crippen LogP contribution is -2.29. The average molecular weight is 501 g/mol. The first-order chi connectivity index (χ1) is 16.9. The van der Waals surface area contributed by atoms with Crippen LogP contribution in [-0.2, 0) is 9.59 Å². The molecular weight excluding hydrogens is 479 g/mol. The number of aryl methyl sites for hydroxylation is 3. The van der Waals surface area contributed by atoms with E-state index < -0.39 is 35.6 Å². The van der Waals surface area contributed by atoms with E-state index >= 15 is 0 Å². The molecule has 1 amide bonds. The number of alkyl halides is 3. The van der Waals surface area contributed by atoms with E-state index in [1.54, 1.807) is 45.0 Å². The van der Waals surface area contributed by atoms with E-state index in [-0.39, 0.29) is 17.0 Å². The number of anilines is 1. The number of aliphatic hydroxyl groups is 1. The highest BCUT2D eigenvalue weighted by molar-refractivity contribution is 6.51. The maximum Gasteiger partial charge on any atom is 0.573 e. The molecule has 1 aromatic heterocycles. The van der Waals surface area contributed by atoms with Crippen molar-refractivity contribution in [3.05, 3.63) is 82.3 Å². The van der Waals surface area contributed by atoms with Crippen LogP contribution in [0.2, 0.25) is 0 Å². The normalized spacial score (nSPS) is 17.5. The lowest BCUT2D eigenvalue weighted by atomic mass is 9.95. The molecule has 1 atom stereocenters. The zero-order chi connectivity index (χ0) is 26.4. The predicted octanol–water partition coefficient (Wildman–Crippen LogP) is 5.74. The highest BCUT2D eigenvalue weighted by atomic mass is 19.4. The van der Waals surface area contributed by atoms with Gasteiger partial charge in [-0.1, -0.05) is 0 Å². The minimum absolute atomic E-state index is 0.118. The summed E-state index contributed by atoms with van der Waals surface area (Å²) >= 11 is 0. The second-order valence-electron chi connectivity index (χ2n) is 8.30. The van der Waals surface area contributed by atoms with Gasteiger partial charge in [0.15, 0.2) is 0 Å². The lowest BCUT2D eigenvalue weighted by Gasteiger charge is -2.24. The lowest BCUT2D eigenvalue weighted by molar-refractivity contribution is -0.274. The Bertz CT molecular complexity index is 1370. The second kappa shape index (κ2) is 9.10. The molecule has 7 nitrogen and oxygen atoms in total. The number of aliphatic hydroxyl groups excluding tert-OH is 1. The fourth-order valence-electron chi connectivity index (χ4n) is 4.19. The van der Waals surface area contributed by atoms with Gasteiger partial charge in [-0.15, -0.1) is 13.2 Å². The van der Waals surface area contributed by atoms with Crippen molar-refractivity contribution in [3.8, 4) is 11.5 Å². The summed E-state index contributed by atoms with van der Waals surface area (Å²) in [5.41, 5.74) is 1.53. The first-order valence-electron chi connectivity index (χ1n) is 10.8. The van der Waals surface area contributed by atoms with Gasteiger partial charge in [0.05, 0.1) is 12.7 Å². The van der Waals surface area contributed by atoms with E-state index in [9.17, 15) is 27.9 Å². The molecule has 0 radical (unpaired) electrons. The Morgan fingerprint density at radius 3 is 2.22 bits per heavy atom. The van der Waals surface area contributed by atoms with Gasteiger partial charge in [-0.25, -0.2) is 0 Å². The number of hydrogen-bond donors (Lipinski definition) is 1. The van der Waals surface area contributed by atoms with Crippen LogP contribution in [0.5, 0.6) is 11.5 Å². The van der Waals surface area contributed by atoms with Crippen molar-refractivity contribution in [1.29, 1.82) is 0 Å². The van der Waals surface area contributed by atoms with Crippen molar-refractivity contribution in [2.45, 2.75) is 33.2 Å². The number of carbonyl (C=O) groups is 2. The van der Waals surface area contributed by atoms with Crippen molar-refractivity contribution in [2.24, 2.45) is 0 Å². The van der Waals surface area contributed by atoms with Crippen LogP contribution in [0.4, 0.5) is 18.9 Å². The maximum absolute atomic E-state index is 13.2. The summed E-state index contributed by atoms with van der Waals surface area (Å²) < 4.78 is 52.6. The van der Waals surface area contributed by atoms with Gasteiger partial charge in [-0.3, -0.25) is 14.5 Å². The standard InChI is InChI=1S/C26H22F3NO6/c1-13-12-20(34-4)14(2)11-18(13)23(31)21-22(19-10-5-15(3)35-19)30(25(33)24(21)32)16-6-8-17(9-7-16)36-26(27,28)29/h5-12,22,31H,1-4H3/b23-21+. The van der Waals surface area contributed by atoms with Gasteiger partial charge >= 0.3 is 6.36 Å². The zero-order valence-corrected chi connectivity index (χ0v) is 19.8. The monoisotopic (exact) mass is 501 g/mol. The highest BCUT2D eigenvalue weighted by Gasteiger charge is 2.48. The van der Waals surface area contributed by atoms with Gasteiger partial charge < -0.3 is 19.0 Å². The molecule has 2 heterocycles. The average Bonchev–Trinajstić information content (AvgIpc) is 3.35. The first-order valence-corrected chi connectivity index (χ1v) is 10.8. The van der Waals surface area contributed by atoms with Crippen molar-refractivity contribution < 1.29 is 41.8 Å². The molecule has 0 spiro atoms. The van der Waals surface area contributed by atoms with Crippen LogP contribution >= 0.6 is 0 Å². The molecule has 2 aromatic carbocycles. The number of nitrogens with zero attached hydrogens (tertiary/aromatic N) is 1. The van der Waals surface area contributed by atoms with Crippen LogP contribution < -0.4 is 14.4 Å². The van der Waals surface area contributed by atoms with E-state index in [4.69, 9.17) is 9.15 Å². The fraction of sp³-hybridized carbons (Fsp3) is 0.231. The van der Waals surface area contributed by atoms with Crippen molar-refractivity contribution >= 4 is 23.1 Å². The molecule has 1 aliphatic heterocycles. The smallest absolute Gasteiger partial charge is 0.507 e. The van der Waals surface area contributed by atoms with Crippen molar-refractivity contribution in [3.63, 3.8) is 0 Å². The summed E-state index contributed by atoms with van der Waals surface area (Å²) in [5, 5.41) is 11.3. The summed E-state index contributed by atoms with van der Waals surface area (Å²) in [5.74, 6) is -1.54. The molecule has 0 aliphatic carbocycles. The molecule has 4 rings (SSSR count). The molecule has 0 bridgehead atoms. The van der Waals surface area contributed by atoms with Gasteiger partial charge in [0.1, 0.15) is 34.8 Å². The Balaban J connectivity index is 1.87. The number of benzene rings is 2. The van der Waals surface area contributed by atoms with Gasteiger partial charge in [-0.05, 0) is 80.4 Å². The molecule has 36 heavy (non-hydrogen) atoms. The third-order valence-corrected chi connectivity index (χ3v) is 5.82. The van der Waals surface area contributed by atoms with Crippen molar-refractivity contribution in [2.75, 3.05) is 12.0 Å². The quantitative estimate of drug-likeness (QED) is 0.273. The van der Waals surface area contributed by atoms with E-state index in [1.807, 2.05) is 0 Å². The molecule has 0 saturated carbocycles. The summed E-state index contributed by atoms with van der Waals surface area (Å²) in [6, 6.07) is 9.90. The second-order valence-corrected chi connectivity index (χ2v) is 8.30. The van der Waals surface area contributed by atoms with Crippen LogP contribution in [0.15, 0.2) is 58.5 Å². The van der Waals surface area contributed by atoms with Gasteiger partial charge in [0.25, 0.3) is 11.7 Å². The summed E-state index contributed by atoms with van der Waals surface area (Å²) in [4.78, 5) is 27.5. The van der Waals surface area contributed by atoms with E-state index in [1.165, 1.54) is 19.2 Å². The Morgan fingerprint density at radius 1 is 1.00 bits per heavy atom. The molecule has 10 heteroatoms. The van der Waals surface area contributed by atoms with Crippen LogP contribution in [0.1, 0.15) is 34.3 Å². The molecule has 1 aliphatic rings. The van der Waals surface area contributed by atoms with E-state index in [0.29, 0.717) is 28.2 Å². The minimum atomic E-state index is -4.88. The van der Waals surface area contributed by atoms with Gasteiger partial charge in [0, 0.05) is 11.3 Å². The predicted molar refractivity (Wildman–Crippen MR) is 124 cm³/mol. The first kappa shape index (κ1) is 24.9. The Labute approximate surface area is 204 Å². The number of halogens is 3. The number of carbonyl (C=O) groups excluding carboxylic acids is 2.